The zero-order valence-electron chi connectivity index (χ0n) is 16.2. The third kappa shape index (κ3) is 5.98. The maximum atomic E-state index is 12.2. The lowest BCUT2D eigenvalue weighted by molar-refractivity contribution is -0.118. The van der Waals surface area contributed by atoms with Crippen molar-refractivity contribution in [3.8, 4) is 17.2 Å². The number of phenolic OH excluding ortho intramolecular Hbond substituents is 3. The first-order valence-corrected chi connectivity index (χ1v) is 9.11. The van der Waals surface area contributed by atoms with Gasteiger partial charge in [-0.15, -0.1) is 0 Å². The van der Waals surface area contributed by atoms with E-state index < -0.39 is 17.9 Å². The molecule has 0 radical (unpaired) electrons. The van der Waals surface area contributed by atoms with Gasteiger partial charge in [-0.25, -0.2) is 0 Å². The minimum absolute atomic E-state index is 0.0236. The van der Waals surface area contributed by atoms with Gasteiger partial charge in [-0.1, -0.05) is 26.3 Å². The Kier molecular flexibility index (Phi) is 7.21. The molecular formula is C21H25N3O5. The Labute approximate surface area is 168 Å². The summed E-state index contributed by atoms with van der Waals surface area (Å²) in [6.07, 6.45) is 3.44. The van der Waals surface area contributed by atoms with Gasteiger partial charge in [0.25, 0.3) is 0 Å². The summed E-state index contributed by atoms with van der Waals surface area (Å²) < 4.78 is 0. The van der Waals surface area contributed by atoms with Crippen LogP contribution in [0.5, 0.6) is 17.2 Å². The lowest BCUT2D eigenvalue weighted by atomic mass is 9.99. The Morgan fingerprint density at radius 2 is 1.72 bits per heavy atom. The van der Waals surface area contributed by atoms with Crippen LogP contribution in [-0.4, -0.2) is 33.2 Å². The number of anilines is 2. The Morgan fingerprint density at radius 3 is 2.38 bits per heavy atom. The zero-order chi connectivity index (χ0) is 21.6. The topological polar surface area (TPSA) is 145 Å². The molecule has 0 saturated heterocycles. The van der Waals surface area contributed by atoms with Crippen molar-refractivity contribution in [3.05, 3.63) is 48.0 Å². The van der Waals surface area contributed by atoms with Crippen LogP contribution in [0.4, 0.5) is 11.4 Å². The largest absolute Gasteiger partial charge is 0.506 e. The minimum Gasteiger partial charge on any atom is -0.506 e. The monoisotopic (exact) mass is 399 g/mol. The highest BCUT2D eigenvalue weighted by Crippen LogP contribution is 2.28. The van der Waals surface area contributed by atoms with Crippen molar-refractivity contribution in [2.45, 2.75) is 26.3 Å². The van der Waals surface area contributed by atoms with Crippen LogP contribution in [0, 0.1) is 5.92 Å². The molecule has 0 fully saturated rings. The number of phenols is 3. The smallest absolute Gasteiger partial charge is 0.248 e. The molecule has 0 aliphatic heterocycles. The fourth-order valence-electron chi connectivity index (χ4n) is 2.44. The summed E-state index contributed by atoms with van der Waals surface area (Å²) in [7, 11) is 0. The van der Waals surface area contributed by atoms with E-state index >= 15 is 0 Å². The predicted octanol–water partition coefficient (Wildman–Crippen LogP) is 2.77. The summed E-state index contributed by atoms with van der Waals surface area (Å²) in [4.78, 5) is 24.3. The fraction of sp³-hybridized carbons (Fsp3) is 0.238. The van der Waals surface area contributed by atoms with Crippen LogP contribution in [0.3, 0.4) is 0 Å². The highest BCUT2D eigenvalue weighted by molar-refractivity contribution is 6.03. The highest BCUT2D eigenvalue weighted by atomic mass is 16.3. The van der Waals surface area contributed by atoms with Crippen LogP contribution in [0.2, 0.25) is 0 Å². The average Bonchev–Trinajstić information content (AvgIpc) is 2.70. The predicted molar refractivity (Wildman–Crippen MR) is 112 cm³/mol. The number of rotatable bonds is 7. The van der Waals surface area contributed by atoms with Gasteiger partial charge in [0.1, 0.15) is 5.75 Å². The van der Waals surface area contributed by atoms with Crippen LogP contribution >= 0.6 is 0 Å². The quantitative estimate of drug-likeness (QED) is 0.240. The summed E-state index contributed by atoms with van der Waals surface area (Å²) in [6.45, 7) is 3.79. The van der Waals surface area contributed by atoms with Crippen molar-refractivity contribution in [2.75, 3.05) is 10.6 Å². The van der Waals surface area contributed by atoms with Crippen LogP contribution in [-0.2, 0) is 9.59 Å². The molecule has 154 valence electrons. The van der Waals surface area contributed by atoms with Crippen molar-refractivity contribution in [1.29, 1.82) is 0 Å². The van der Waals surface area contributed by atoms with Crippen molar-refractivity contribution < 1.29 is 24.9 Å². The van der Waals surface area contributed by atoms with Gasteiger partial charge in [0.05, 0.1) is 11.7 Å². The maximum Gasteiger partial charge on any atom is 0.248 e. The first kappa shape index (κ1) is 21.8. The second-order valence-corrected chi connectivity index (χ2v) is 6.70. The third-order valence-corrected chi connectivity index (χ3v) is 4.51. The molecule has 8 nitrogen and oxygen atoms in total. The lowest BCUT2D eigenvalue weighted by Crippen LogP contribution is -2.40. The summed E-state index contributed by atoms with van der Waals surface area (Å²) in [5, 5.41) is 33.9. The summed E-state index contributed by atoms with van der Waals surface area (Å²) in [6, 6.07) is 7.70. The molecule has 2 rings (SSSR count). The van der Waals surface area contributed by atoms with Crippen molar-refractivity contribution in [2.24, 2.45) is 11.7 Å². The van der Waals surface area contributed by atoms with E-state index in [9.17, 15) is 24.9 Å². The molecule has 7 N–H and O–H groups in total. The molecule has 0 aliphatic rings. The Hall–Kier alpha value is -3.52. The normalized spacial score (nSPS) is 13.1. The molecule has 0 aromatic heterocycles. The number of carbonyl (C=O) groups is 2. The van der Waals surface area contributed by atoms with Crippen LogP contribution in [0.1, 0.15) is 25.8 Å². The molecule has 0 saturated carbocycles. The SMILES string of the molecule is CC[C@H](C)[C@H](N)C(=O)Nc1cc(NC(=O)/C=C/c2ccc(O)c(O)c2)ccc1O. The number of nitrogens with one attached hydrogen (secondary N) is 2. The van der Waals surface area contributed by atoms with E-state index in [1.807, 2.05) is 13.8 Å². The number of hydrogen-bond acceptors (Lipinski definition) is 6. The van der Waals surface area contributed by atoms with Crippen LogP contribution in [0.15, 0.2) is 42.5 Å². The maximum absolute atomic E-state index is 12.2. The van der Waals surface area contributed by atoms with Crippen LogP contribution < -0.4 is 16.4 Å². The van der Waals surface area contributed by atoms with E-state index in [4.69, 9.17) is 5.73 Å². The zero-order valence-corrected chi connectivity index (χ0v) is 16.2. The summed E-state index contributed by atoms with van der Waals surface area (Å²) in [5.41, 5.74) is 6.92. The van der Waals surface area contributed by atoms with Gasteiger partial charge in [-0.05, 0) is 47.9 Å². The Bertz CT molecular complexity index is 927. The molecule has 0 unspecified atom stereocenters. The number of nitrogens with two attached hydrogens (primary N) is 1. The van der Waals surface area contributed by atoms with Crippen LogP contribution in [0.25, 0.3) is 6.08 Å². The van der Waals surface area contributed by atoms with Gasteiger partial charge < -0.3 is 31.7 Å². The lowest BCUT2D eigenvalue weighted by Gasteiger charge is -2.18. The second kappa shape index (κ2) is 9.61. The van der Waals surface area contributed by atoms with E-state index in [-0.39, 0.29) is 28.9 Å². The Balaban J connectivity index is 2.06. The first-order valence-electron chi connectivity index (χ1n) is 9.11. The van der Waals surface area contributed by atoms with Crippen molar-refractivity contribution in [3.63, 3.8) is 0 Å². The molecule has 2 aromatic rings. The number of hydrogen-bond donors (Lipinski definition) is 6. The molecule has 0 heterocycles. The molecule has 2 atom stereocenters. The van der Waals surface area contributed by atoms with Gasteiger partial charge >= 0.3 is 0 Å². The van der Waals surface area contributed by atoms with Gasteiger partial charge in [-0.3, -0.25) is 9.59 Å². The summed E-state index contributed by atoms with van der Waals surface area (Å²) >= 11 is 0. The molecule has 29 heavy (non-hydrogen) atoms. The molecular weight excluding hydrogens is 374 g/mol. The molecule has 0 bridgehead atoms. The van der Waals surface area contributed by atoms with E-state index in [2.05, 4.69) is 10.6 Å². The average molecular weight is 399 g/mol. The van der Waals surface area contributed by atoms with E-state index in [0.29, 0.717) is 11.3 Å². The molecule has 2 amide bonds. The number of carbonyl (C=O) groups excluding carboxylic acids is 2. The third-order valence-electron chi connectivity index (χ3n) is 4.51. The van der Waals surface area contributed by atoms with Crippen molar-refractivity contribution in [1.82, 2.24) is 0 Å². The molecule has 0 aliphatic carbocycles. The number of amides is 2. The molecule has 0 spiro atoms. The Morgan fingerprint density at radius 1 is 1.03 bits per heavy atom. The van der Waals surface area contributed by atoms with E-state index in [1.54, 1.807) is 0 Å². The molecule has 8 heteroatoms. The highest BCUT2D eigenvalue weighted by Gasteiger charge is 2.20. The van der Waals surface area contributed by atoms with E-state index in [1.165, 1.54) is 48.6 Å². The summed E-state index contributed by atoms with van der Waals surface area (Å²) in [5.74, 6) is -1.60. The van der Waals surface area contributed by atoms with Gasteiger partial charge in [-0.2, -0.15) is 0 Å². The first-order chi connectivity index (χ1) is 13.7. The number of benzene rings is 2. The van der Waals surface area contributed by atoms with E-state index in [0.717, 1.165) is 6.42 Å². The van der Waals surface area contributed by atoms with Crippen molar-refractivity contribution >= 4 is 29.3 Å². The van der Waals surface area contributed by atoms with Gasteiger partial charge in [0.2, 0.25) is 11.8 Å². The van der Waals surface area contributed by atoms with Gasteiger partial charge in [0.15, 0.2) is 11.5 Å². The fourth-order valence-corrected chi connectivity index (χ4v) is 2.44. The minimum atomic E-state index is -0.720. The standard InChI is InChI=1S/C21H25N3O5/c1-3-12(2)20(22)21(29)24-15-11-14(6-8-16(15)25)23-19(28)9-5-13-4-7-17(26)18(27)10-13/h4-12,20,25-27H,3,22H2,1-2H3,(H,23,28)(H,24,29)/b9-5+/t12-,20-/m0/s1. The molecule has 2 aromatic carbocycles. The second-order valence-electron chi connectivity index (χ2n) is 6.70. The van der Waals surface area contributed by atoms with Gasteiger partial charge in [0, 0.05) is 11.8 Å². The number of aromatic hydroxyl groups is 3.